The second-order valence-electron chi connectivity index (χ2n) is 8.40. The van der Waals surface area contributed by atoms with E-state index in [0.29, 0.717) is 31.3 Å². The fraction of sp³-hybridized carbons (Fsp3) is 0.636. The van der Waals surface area contributed by atoms with Crippen LogP contribution in [-0.2, 0) is 4.79 Å². The maximum Gasteiger partial charge on any atom is 0.408 e. The first-order chi connectivity index (χ1) is 14.5. The molecule has 2 amide bonds. The number of carboxylic acid groups (broad SMARTS) is 1. The summed E-state index contributed by atoms with van der Waals surface area (Å²) in [6.07, 6.45) is 5.84. The van der Waals surface area contributed by atoms with Gasteiger partial charge in [0.25, 0.3) is 0 Å². The molecule has 0 aromatic heterocycles. The Hall–Kier alpha value is -1.93. The van der Waals surface area contributed by atoms with Crippen molar-refractivity contribution in [3.63, 3.8) is 0 Å². The highest BCUT2D eigenvalue weighted by Gasteiger charge is 2.43. The van der Waals surface area contributed by atoms with Crippen LogP contribution < -0.4 is 4.74 Å². The van der Waals surface area contributed by atoms with Gasteiger partial charge in [-0.1, -0.05) is 6.42 Å². The van der Waals surface area contributed by atoms with Gasteiger partial charge in [-0.25, -0.2) is 4.79 Å². The van der Waals surface area contributed by atoms with Gasteiger partial charge in [0.05, 0.1) is 6.54 Å². The Morgan fingerprint density at radius 2 is 1.83 bits per heavy atom. The van der Waals surface area contributed by atoms with E-state index in [1.54, 1.807) is 11.8 Å². The number of carbonyl (C=O) groups is 2. The predicted octanol–water partition coefficient (Wildman–Crippen LogP) is 3.00. The van der Waals surface area contributed by atoms with Gasteiger partial charge in [-0.2, -0.15) is 0 Å². The average Bonchev–Trinajstić information content (AvgIpc) is 2.98. The number of hydrogen-bond acceptors (Lipinski definition) is 5. The molecular weight excluding hydrogens is 402 g/mol. The van der Waals surface area contributed by atoms with Crippen LogP contribution in [0.3, 0.4) is 0 Å². The smallest absolute Gasteiger partial charge is 0.408 e. The Balaban J connectivity index is 1.38. The van der Waals surface area contributed by atoms with E-state index < -0.39 is 12.1 Å². The van der Waals surface area contributed by atoms with Crippen LogP contribution in [0.2, 0.25) is 0 Å². The van der Waals surface area contributed by atoms with Gasteiger partial charge in [0.15, 0.2) is 0 Å². The first-order valence-corrected chi connectivity index (χ1v) is 12.1. The summed E-state index contributed by atoms with van der Waals surface area (Å²) in [5, 5.41) is 9.68. The zero-order valence-corrected chi connectivity index (χ0v) is 18.4. The summed E-state index contributed by atoms with van der Waals surface area (Å²) in [5.41, 5.74) is 0. The molecule has 8 heteroatoms. The van der Waals surface area contributed by atoms with Gasteiger partial charge in [0.1, 0.15) is 17.9 Å². The molecule has 2 heterocycles. The van der Waals surface area contributed by atoms with E-state index >= 15 is 0 Å². The molecule has 1 saturated carbocycles. The number of nitrogens with zero attached hydrogens (tertiary/aromatic N) is 3. The summed E-state index contributed by atoms with van der Waals surface area (Å²) in [4.78, 5) is 31.9. The first kappa shape index (κ1) is 21.3. The number of ether oxygens (including phenoxy) is 1. The van der Waals surface area contributed by atoms with Crippen LogP contribution >= 0.6 is 11.8 Å². The van der Waals surface area contributed by atoms with Gasteiger partial charge in [0.2, 0.25) is 5.91 Å². The molecule has 7 nitrogen and oxygen atoms in total. The standard InChI is InChI=1S/C22H31N3O4S/c1-30-19-8-6-17(7-9-19)29-18-14-20(25(15-18)22(27)28)21(26)24-11-3-10-23(12-13-24)16-4-2-5-16/h6-9,16,18,20H,2-5,10-15H2,1H3,(H,27,28)/t18?,20-/m0/s1. The van der Waals surface area contributed by atoms with Crippen LogP contribution in [0.4, 0.5) is 4.79 Å². The lowest BCUT2D eigenvalue weighted by Gasteiger charge is -2.36. The third-order valence-electron chi connectivity index (χ3n) is 6.59. The van der Waals surface area contributed by atoms with Crippen molar-refractivity contribution in [1.29, 1.82) is 0 Å². The molecular formula is C22H31N3O4S. The molecule has 164 valence electrons. The molecule has 4 rings (SSSR count). The fourth-order valence-corrected chi connectivity index (χ4v) is 5.07. The Bertz CT molecular complexity index is 755. The number of hydrogen-bond donors (Lipinski definition) is 1. The summed E-state index contributed by atoms with van der Waals surface area (Å²) < 4.78 is 6.03. The van der Waals surface area contributed by atoms with Gasteiger partial charge in [0, 0.05) is 43.5 Å². The van der Waals surface area contributed by atoms with Crippen molar-refractivity contribution in [1.82, 2.24) is 14.7 Å². The van der Waals surface area contributed by atoms with Crippen LogP contribution in [0.1, 0.15) is 32.1 Å². The second-order valence-corrected chi connectivity index (χ2v) is 9.28. The van der Waals surface area contributed by atoms with Crippen molar-refractivity contribution in [2.45, 2.75) is 55.2 Å². The second kappa shape index (κ2) is 9.47. The lowest BCUT2D eigenvalue weighted by molar-refractivity contribution is -0.135. The average molecular weight is 434 g/mol. The lowest BCUT2D eigenvalue weighted by atomic mass is 9.91. The molecule has 0 spiro atoms. The number of thioether (sulfide) groups is 1. The third-order valence-corrected chi connectivity index (χ3v) is 7.33. The minimum absolute atomic E-state index is 0.0725. The van der Waals surface area contributed by atoms with Crippen molar-refractivity contribution < 1.29 is 19.4 Å². The third kappa shape index (κ3) is 4.70. The quantitative estimate of drug-likeness (QED) is 0.720. The van der Waals surface area contributed by atoms with Crippen LogP contribution in [0.5, 0.6) is 5.75 Å². The summed E-state index contributed by atoms with van der Waals surface area (Å²) >= 11 is 1.66. The van der Waals surface area contributed by atoms with Crippen molar-refractivity contribution in [2.75, 3.05) is 39.0 Å². The molecule has 1 aliphatic carbocycles. The molecule has 2 aliphatic heterocycles. The summed E-state index contributed by atoms with van der Waals surface area (Å²) in [7, 11) is 0. The molecule has 1 aromatic rings. The van der Waals surface area contributed by atoms with E-state index in [-0.39, 0.29) is 18.6 Å². The highest BCUT2D eigenvalue weighted by molar-refractivity contribution is 7.98. The van der Waals surface area contributed by atoms with Crippen molar-refractivity contribution in [3.05, 3.63) is 24.3 Å². The number of carbonyl (C=O) groups excluding carboxylic acids is 1. The maximum atomic E-state index is 13.3. The normalized spacial score (nSPS) is 25.6. The molecule has 1 N–H and O–H groups in total. The van der Waals surface area contributed by atoms with Crippen LogP contribution in [-0.4, -0.2) is 89.0 Å². The van der Waals surface area contributed by atoms with Gasteiger partial charge in [-0.3, -0.25) is 14.6 Å². The molecule has 1 aromatic carbocycles. The van der Waals surface area contributed by atoms with E-state index in [9.17, 15) is 14.7 Å². The van der Waals surface area contributed by atoms with Crippen LogP contribution in [0.15, 0.2) is 29.2 Å². The molecule has 3 aliphatic rings. The topological polar surface area (TPSA) is 73.3 Å². The summed E-state index contributed by atoms with van der Waals surface area (Å²) in [5.74, 6) is 0.638. The van der Waals surface area contributed by atoms with E-state index in [0.717, 1.165) is 24.4 Å². The largest absolute Gasteiger partial charge is 0.488 e. The summed E-state index contributed by atoms with van der Waals surface area (Å²) in [6, 6.07) is 7.78. The molecule has 2 atom stereocenters. The van der Waals surface area contributed by atoms with Gasteiger partial charge in [-0.15, -0.1) is 11.8 Å². The van der Waals surface area contributed by atoms with Crippen LogP contribution in [0, 0.1) is 0 Å². The molecule has 30 heavy (non-hydrogen) atoms. The van der Waals surface area contributed by atoms with E-state index in [2.05, 4.69) is 4.90 Å². The Kier molecular flexibility index (Phi) is 6.73. The molecule has 1 unspecified atom stereocenters. The minimum atomic E-state index is -1.05. The van der Waals surface area contributed by atoms with E-state index in [1.165, 1.54) is 24.2 Å². The molecule has 0 bridgehead atoms. The van der Waals surface area contributed by atoms with Crippen LogP contribution in [0.25, 0.3) is 0 Å². The highest BCUT2D eigenvalue weighted by Crippen LogP contribution is 2.28. The van der Waals surface area contributed by atoms with Gasteiger partial charge >= 0.3 is 6.09 Å². The number of benzene rings is 1. The van der Waals surface area contributed by atoms with Gasteiger partial charge in [-0.05, 0) is 49.8 Å². The highest BCUT2D eigenvalue weighted by atomic mass is 32.2. The monoisotopic (exact) mass is 433 g/mol. The maximum absolute atomic E-state index is 13.3. The first-order valence-electron chi connectivity index (χ1n) is 10.9. The minimum Gasteiger partial charge on any atom is -0.488 e. The summed E-state index contributed by atoms with van der Waals surface area (Å²) in [6.45, 7) is 3.52. The Morgan fingerprint density at radius 1 is 1.07 bits per heavy atom. The van der Waals surface area contributed by atoms with Crippen molar-refractivity contribution in [2.24, 2.45) is 0 Å². The number of amides is 2. The molecule has 2 saturated heterocycles. The van der Waals surface area contributed by atoms with E-state index in [1.807, 2.05) is 35.4 Å². The number of likely N-dealkylation sites (tertiary alicyclic amines) is 1. The van der Waals surface area contributed by atoms with Crippen molar-refractivity contribution in [3.8, 4) is 5.75 Å². The Morgan fingerprint density at radius 3 is 2.47 bits per heavy atom. The molecule has 0 radical (unpaired) electrons. The number of rotatable bonds is 5. The fourth-order valence-electron chi connectivity index (χ4n) is 4.66. The van der Waals surface area contributed by atoms with E-state index in [4.69, 9.17) is 4.74 Å². The SMILES string of the molecule is CSc1ccc(OC2C[C@@H](C(=O)N3CCCN(C4CCC4)CC3)N(C(=O)O)C2)cc1. The predicted molar refractivity (Wildman–Crippen MR) is 116 cm³/mol. The Labute approximate surface area is 182 Å². The zero-order chi connectivity index (χ0) is 21.1. The molecule has 3 fully saturated rings. The van der Waals surface area contributed by atoms with Crippen molar-refractivity contribution >= 4 is 23.8 Å². The lowest BCUT2D eigenvalue weighted by Crippen LogP contribution is -2.49. The van der Waals surface area contributed by atoms with Gasteiger partial charge < -0.3 is 14.7 Å². The zero-order valence-electron chi connectivity index (χ0n) is 17.5.